The molecule has 22 heavy (non-hydrogen) atoms. The molecule has 5 nitrogen and oxygen atoms in total. The number of halogens is 1. The standard InChI is InChI=1S/C16H20BrN3O2/c1-4-5-6-7-8-14(21)20-13-9-12(17)10-18-15(13)19(11(2)3)16(20)22/h9-10H,2,4-8H2,1,3H3. The van der Waals surface area contributed by atoms with Gasteiger partial charge in [0.15, 0.2) is 5.65 Å². The fraction of sp³-hybridized carbons (Fsp3) is 0.438. The molecule has 0 N–H and O–H groups in total. The largest absolute Gasteiger partial charge is 0.341 e. The van der Waals surface area contributed by atoms with Crippen molar-refractivity contribution in [2.45, 2.75) is 46.0 Å². The van der Waals surface area contributed by atoms with Crippen LogP contribution in [-0.2, 0) is 0 Å². The first-order chi connectivity index (χ1) is 10.5. The second-order valence-corrected chi connectivity index (χ2v) is 6.31. The molecular weight excluding hydrogens is 346 g/mol. The van der Waals surface area contributed by atoms with Gasteiger partial charge in [-0.05, 0) is 35.3 Å². The number of carbonyl (C=O) groups excluding carboxylic acids is 1. The van der Waals surface area contributed by atoms with E-state index in [1.54, 1.807) is 19.2 Å². The van der Waals surface area contributed by atoms with Gasteiger partial charge in [-0.3, -0.25) is 4.79 Å². The molecule has 0 aliphatic carbocycles. The zero-order valence-electron chi connectivity index (χ0n) is 12.9. The van der Waals surface area contributed by atoms with Crippen molar-refractivity contribution in [1.29, 1.82) is 0 Å². The number of fused-ring (bicyclic) bond motifs is 1. The Morgan fingerprint density at radius 1 is 1.32 bits per heavy atom. The van der Waals surface area contributed by atoms with Gasteiger partial charge in [0.05, 0.1) is 5.52 Å². The molecule has 2 rings (SSSR count). The molecule has 0 unspecified atom stereocenters. The van der Waals surface area contributed by atoms with E-state index in [2.05, 4.69) is 34.4 Å². The summed E-state index contributed by atoms with van der Waals surface area (Å²) >= 11 is 3.34. The molecular formula is C16H20BrN3O2. The Hall–Kier alpha value is -1.69. The lowest BCUT2D eigenvalue weighted by Gasteiger charge is -2.02. The van der Waals surface area contributed by atoms with Gasteiger partial charge in [-0.25, -0.2) is 18.9 Å². The lowest BCUT2D eigenvalue weighted by atomic mass is 10.1. The molecule has 6 heteroatoms. The summed E-state index contributed by atoms with van der Waals surface area (Å²) in [6.07, 6.45) is 5.97. The van der Waals surface area contributed by atoms with Gasteiger partial charge >= 0.3 is 5.69 Å². The van der Waals surface area contributed by atoms with Crippen LogP contribution in [-0.4, -0.2) is 20.0 Å². The number of pyridine rings is 1. The molecule has 0 saturated carbocycles. The summed E-state index contributed by atoms with van der Waals surface area (Å²) in [5.74, 6) is -0.189. The lowest BCUT2D eigenvalue weighted by Crippen LogP contribution is -2.28. The number of hydrogen-bond donors (Lipinski definition) is 0. The Bertz CT molecular complexity index is 774. The number of nitrogens with zero attached hydrogens (tertiary/aromatic N) is 3. The minimum atomic E-state index is -0.395. The Kier molecular flexibility index (Phi) is 5.34. The zero-order valence-corrected chi connectivity index (χ0v) is 14.5. The third-order valence-electron chi connectivity index (χ3n) is 3.52. The van der Waals surface area contributed by atoms with Crippen molar-refractivity contribution in [2.75, 3.05) is 0 Å². The molecule has 2 heterocycles. The Morgan fingerprint density at radius 2 is 2.05 bits per heavy atom. The van der Waals surface area contributed by atoms with Crippen molar-refractivity contribution >= 4 is 38.7 Å². The van der Waals surface area contributed by atoms with E-state index in [0.717, 1.165) is 30.2 Å². The molecule has 118 valence electrons. The van der Waals surface area contributed by atoms with E-state index in [9.17, 15) is 9.59 Å². The quantitative estimate of drug-likeness (QED) is 0.725. The number of allylic oxidation sites excluding steroid dienone is 1. The van der Waals surface area contributed by atoms with Gasteiger partial charge in [0.1, 0.15) is 0 Å². The summed E-state index contributed by atoms with van der Waals surface area (Å²) in [6.45, 7) is 7.65. The van der Waals surface area contributed by atoms with E-state index in [0.29, 0.717) is 23.3 Å². The normalized spacial score (nSPS) is 11.0. The van der Waals surface area contributed by atoms with Crippen LogP contribution in [0.5, 0.6) is 0 Å². The average molecular weight is 366 g/mol. The second-order valence-electron chi connectivity index (χ2n) is 5.39. The molecule has 0 bridgehead atoms. The summed E-state index contributed by atoms with van der Waals surface area (Å²) in [4.78, 5) is 29.3. The molecule has 2 aromatic rings. The number of unbranched alkanes of at least 4 members (excludes halogenated alkanes) is 3. The van der Waals surface area contributed by atoms with Crippen molar-refractivity contribution in [3.8, 4) is 0 Å². The minimum absolute atomic E-state index is 0.189. The van der Waals surface area contributed by atoms with E-state index in [1.807, 2.05) is 0 Å². The highest BCUT2D eigenvalue weighted by molar-refractivity contribution is 9.10. The molecule has 0 amide bonds. The predicted molar refractivity (Wildman–Crippen MR) is 92.1 cm³/mol. The van der Waals surface area contributed by atoms with E-state index in [1.165, 1.54) is 9.13 Å². The van der Waals surface area contributed by atoms with Crippen LogP contribution in [0.25, 0.3) is 16.9 Å². The topological polar surface area (TPSA) is 56.9 Å². The highest BCUT2D eigenvalue weighted by Crippen LogP contribution is 2.19. The fourth-order valence-corrected chi connectivity index (χ4v) is 2.77. The van der Waals surface area contributed by atoms with Crippen molar-refractivity contribution in [3.05, 3.63) is 33.8 Å². The van der Waals surface area contributed by atoms with Gasteiger partial charge in [-0.2, -0.15) is 0 Å². The Labute approximate surface area is 137 Å². The number of hydrogen-bond acceptors (Lipinski definition) is 3. The monoisotopic (exact) mass is 365 g/mol. The molecule has 0 saturated heterocycles. The molecule has 0 radical (unpaired) electrons. The maximum atomic E-state index is 12.6. The highest BCUT2D eigenvalue weighted by atomic mass is 79.9. The molecule has 0 spiro atoms. The SMILES string of the molecule is C=C(C)n1c(=O)n(C(=O)CCCCCC)c2cc(Br)cnc21. The third-order valence-corrected chi connectivity index (χ3v) is 3.96. The van der Waals surface area contributed by atoms with E-state index >= 15 is 0 Å². The van der Waals surface area contributed by atoms with E-state index in [4.69, 9.17) is 0 Å². The van der Waals surface area contributed by atoms with Crippen molar-refractivity contribution in [2.24, 2.45) is 0 Å². The van der Waals surface area contributed by atoms with Gasteiger partial charge in [0.25, 0.3) is 0 Å². The first-order valence-corrected chi connectivity index (χ1v) is 8.24. The van der Waals surface area contributed by atoms with E-state index in [-0.39, 0.29) is 5.91 Å². The van der Waals surface area contributed by atoms with Gasteiger partial charge in [-0.1, -0.05) is 32.8 Å². The van der Waals surface area contributed by atoms with Crippen LogP contribution in [0, 0.1) is 0 Å². The second kappa shape index (κ2) is 7.05. The van der Waals surface area contributed by atoms with Crippen LogP contribution in [0.4, 0.5) is 0 Å². The van der Waals surface area contributed by atoms with Gasteiger partial charge < -0.3 is 0 Å². The van der Waals surface area contributed by atoms with Gasteiger partial charge in [0, 0.05) is 22.8 Å². The maximum absolute atomic E-state index is 12.6. The van der Waals surface area contributed by atoms with Crippen LogP contribution in [0.1, 0.15) is 50.7 Å². The number of imidazole rings is 1. The van der Waals surface area contributed by atoms with Crippen LogP contribution in [0.2, 0.25) is 0 Å². The molecule has 0 fully saturated rings. The summed E-state index contributed by atoms with van der Waals surface area (Å²) in [7, 11) is 0. The van der Waals surface area contributed by atoms with Crippen LogP contribution in [0.15, 0.2) is 28.1 Å². The highest BCUT2D eigenvalue weighted by Gasteiger charge is 2.19. The molecule has 0 aliphatic heterocycles. The molecule has 0 aliphatic rings. The maximum Gasteiger partial charge on any atom is 0.341 e. The summed E-state index contributed by atoms with van der Waals surface area (Å²) in [5.41, 5.74) is 1.13. The van der Waals surface area contributed by atoms with Crippen molar-refractivity contribution in [1.82, 2.24) is 14.1 Å². The zero-order chi connectivity index (χ0) is 16.3. The first-order valence-electron chi connectivity index (χ1n) is 7.45. The number of rotatable bonds is 6. The van der Waals surface area contributed by atoms with Gasteiger partial charge in [0.2, 0.25) is 5.91 Å². The average Bonchev–Trinajstić information content (AvgIpc) is 2.74. The minimum Gasteiger partial charge on any atom is -0.274 e. The fourth-order valence-electron chi connectivity index (χ4n) is 2.45. The third kappa shape index (κ3) is 3.21. The molecule has 0 atom stereocenters. The first kappa shape index (κ1) is 16.7. The number of aromatic nitrogens is 3. The van der Waals surface area contributed by atoms with Gasteiger partial charge in [-0.15, -0.1) is 0 Å². The summed E-state index contributed by atoms with van der Waals surface area (Å²) < 4.78 is 3.32. The van der Waals surface area contributed by atoms with Crippen molar-refractivity contribution in [3.63, 3.8) is 0 Å². The molecule has 0 aromatic carbocycles. The predicted octanol–water partition coefficient (Wildman–Crippen LogP) is 4.06. The Morgan fingerprint density at radius 3 is 2.68 bits per heavy atom. The van der Waals surface area contributed by atoms with Crippen molar-refractivity contribution < 1.29 is 4.79 Å². The van der Waals surface area contributed by atoms with Crippen LogP contribution >= 0.6 is 15.9 Å². The van der Waals surface area contributed by atoms with E-state index < -0.39 is 5.69 Å². The smallest absolute Gasteiger partial charge is 0.274 e. The number of carbonyl (C=O) groups is 1. The molecule has 2 aromatic heterocycles. The lowest BCUT2D eigenvalue weighted by molar-refractivity contribution is 0.0899. The Balaban J connectivity index is 2.46. The van der Waals surface area contributed by atoms with Crippen LogP contribution < -0.4 is 5.69 Å². The van der Waals surface area contributed by atoms with Crippen LogP contribution in [0.3, 0.4) is 0 Å². The summed E-state index contributed by atoms with van der Waals surface area (Å²) in [6, 6.07) is 1.74. The summed E-state index contributed by atoms with van der Waals surface area (Å²) in [5, 5.41) is 0.